The van der Waals surface area contributed by atoms with Crippen molar-refractivity contribution in [3.05, 3.63) is 0 Å². The van der Waals surface area contributed by atoms with Gasteiger partial charge in [-0.2, -0.15) is 0 Å². The van der Waals surface area contributed by atoms with Crippen LogP contribution in [0.4, 0.5) is 0 Å². The van der Waals surface area contributed by atoms with E-state index < -0.39 is 0 Å². The minimum atomic E-state index is -0.253. The van der Waals surface area contributed by atoms with Crippen molar-refractivity contribution in [3.63, 3.8) is 0 Å². The van der Waals surface area contributed by atoms with E-state index in [4.69, 9.17) is 4.84 Å². The van der Waals surface area contributed by atoms with Crippen LogP contribution in [-0.2, 0) is 14.4 Å². The highest BCUT2D eigenvalue weighted by molar-refractivity contribution is 5.86. The van der Waals surface area contributed by atoms with Crippen molar-refractivity contribution in [3.8, 4) is 0 Å². The Morgan fingerprint density at radius 2 is 1.59 bits per heavy atom. The third kappa shape index (κ3) is 8.01. The molecule has 2 atom stereocenters. The molecule has 2 N–H and O–H groups in total. The van der Waals surface area contributed by atoms with Crippen molar-refractivity contribution in [1.82, 2.24) is 25.5 Å². The summed E-state index contributed by atoms with van der Waals surface area (Å²) in [7, 11) is 0. The van der Waals surface area contributed by atoms with Gasteiger partial charge in [-0.25, -0.2) is 0 Å². The van der Waals surface area contributed by atoms with Crippen LogP contribution >= 0.6 is 37.2 Å². The van der Waals surface area contributed by atoms with E-state index in [0.29, 0.717) is 25.4 Å². The smallest absolute Gasteiger partial charge is 0.324 e. The highest BCUT2D eigenvalue weighted by atomic mass is 35.5. The lowest BCUT2D eigenvalue weighted by molar-refractivity contribution is -0.215. The zero-order valence-corrected chi connectivity index (χ0v) is 19.5. The van der Waals surface area contributed by atoms with Crippen LogP contribution in [0.15, 0.2) is 0 Å². The molecule has 172 valence electrons. The molecule has 0 aromatic heterocycles. The fourth-order valence-electron chi connectivity index (χ4n) is 4.43. The Labute approximate surface area is 192 Å². The highest BCUT2D eigenvalue weighted by Crippen LogP contribution is 2.23. The first-order valence-electron chi connectivity index (χ1n) is 10.1. The first-order valence-corrected chi connectivity index (χ1v) is 10.1. The highest BCUT2D eigenvalue weighted by Gasteiger charge is 2.35. The van der Waals surface area contributed by atoms with Gasteiger partial charge in [-0.15, -0.1) is 42.3 Å². The maximum Gasteiger partial charge on any atom is 0.324 e. The molecule has 3 heterocycles. The summed E-state index contributed by atoms with van der Waals surface area (Å²) in [5, 5.41) is 7.90. The van der Waals surface area contributed by atoms with Crippen LogP contribution in [0.5, 0.6) is 0 Å². The van der Waals surface area contributed by atoms with E-state index in [2.05, 4.69) is 20.4 Å². The number of rotatable bonds is 6. The second-order valence-corrected chi connectivity index (χ2v) is 7.49. The van der Waals surface area contributed by atoms with Gasteiger partial charge in [-0.3, -0.25) is 19.4 Å². The fourth-order valence-corrected chi connectivity index (χ4v) is 4.43. The van der Waals surface area contributed by atoms with Crippen molar-refractivity contribution in [2.24, 2.45) is 0 Å². The zero-order chi connectivity index (χ0) is 18.4. The number of amides is 1. The van der Waals surface area contributed by atoms with Gasteiger partial charge in [0.15, 0.2) is 0 Å². The van der Waals surface area contributed by atoms with Gasteiger partial charge in [-0.1, -0.05) is 6.92 Å². The van der Waals surface area contributed by atoms with Crippen molar-refractivity contribution < 1.29 is 14.4 Å². The Morgan fingerprint density at radius 3 is 2.14 bits per heavy atom. The second-order valence-electron chi connectivity index (χ2n) is 7.49. The molecule has 0 spiro atoms. The fraction of sp³-hybridized carbons (Fsp3) is 0.889. The Kier molecular flexibility index (Phi) is 14.4. The van der Waals surface area contributed by atoms with Crippen molar-refractivity contribution >= 4 is 49.6 Å². The van der Waals surface area contributed by atoms with Crippen molar-refractivity contribution in [2.45, 2.75) is 57.3 Å². The number of halogens is 3. The number of nitrogens with one attached hydrogen (secondary N) is 2. The van der Waals surface area contributed by atoms with Gasteiger partial charge in [0, 0.05) is 51.2 Å². The van der Waals surface area contributed by atoms with Gasteiger partial charge in [0.25, 0.3) is 0 Å². The molecule has 3 saturated heterocycles. The molecular formula is C18H36Cl3N5O3. The predicted molar refractivity (Wildman–Crippen MR) is 120 cm³/mol. The normalized spacial score (nSPS) is 26.9. The van der Waals surface area contributed by atoms with Gasteiger partial charge in [0.1, 0.15) is 6.17 Å². The van der Waals surface area contributed by atoms with Crippen LogP contribution in [0.25, 0.3) is 0 Å². The van der Waals surface area contributed by atoms with Gasteiger partial charge in [0.2, 0.25) is 6.41 Å². The minimum Gasteiger partial charge on any atom is -0.366 e. The van der Waals surface area contributed by atoms with Gasteiger partial charge in [0.05, 0.1) is 0 Å². The van der Waals surface area contributed by atoms with E-state index in [-0.39, 0.29) is 49.4 Å². The molecule has 3 aliphatic rings. The molecule has 0 radical (unpaired) electrons. The SMILES string of the molecule is CCC(=O)ON1CCC(N2CCN(C3CCNCC3)CC2)CC1NC=O.Cl.Cl.Cl. The average Bonchev–Trinajstić information content (AvgIpc) is 2.70. The lowest BCUT2D eigenvalue weighted by atomic mass is 9.99. The number of piperidine rings is 2. The summed E-state index contributed by atoms with van der Waals surface area (Å²) in [6.45, 7) is 9.13. The van der Waals surface area contributed by atoms with Crippen molar-refractivity contribution in [1.29, 1.82) is 0 Å². The van der Waals surface area contributed by atoms with Gasteiger partial charge < -0.3 is 15.5 Å². The van der Waals surface area contributed by atoms with Crippen LogP contribution in [0.1, 0.15) is 39.0 Å². The molecule has 3 aliphatic heterocycles. The average molecular weight is 477 g/mol. The number of hydrogen-bond acceptors (Lipinski definition) is 7. The van der Waals surface area contributed by atoms with Gasteiger partial charge in [-0.05, 0) is 38.8 Å². The first-order chi connectivity index (χ1) is 12.7. The zero-order valence-electron chi connectivity index (χ0n) is 17.1. The Morgan fingerprint density at radius 1 is 1.00 bits per heavy atom. The van der Waals surface area contributed by atoms with Crippen LogP contribution in [0.2, 0.25) is 0 Å². The standard InChI is InChI=1S/C18H33N5O3.3ClH/c1-2-18(25)26-23-8-5-16(13-17(23)20-14-24)22-11-9-21(10-12-22)15-3-6-19-7-4-15;;;/h14-17,19H,2-13H2,1H3,(H,20,24);3*1H. The predicted octanol–water partition coefficient (Wildman–Crippen LogP) is 1.03. The van der Waals surface area contributed by atoms with Crippen LogP contribution in [-0.4, -0.2) is 91.3 Å². The Hall–Kier alpha value is -0.350. The summed E-state index contributed by atoms with van der Waals surface area (Å²) in [6, 6.07) is 1.16. The number of carbonyl (C=O) groups excluding carboxylic acids is 2. The molecule has 0 saturated carbocycles. The van der Waals surface area contributed by atoms with E-state index in [1.807, 2.05) is 0 Å². The van der Waals surface area contributed by atoms with Crippen LogP contribution in [0, 0.1) is 0 Å². The molecule has 0 aliphatic carbocycles. The molecule has 1 amide bonds. The second kappa shape index (κ2) is 14.6. The van der Waals surface area contributed by atoms with E-state index in [1.54, 1.807) is 12.0 Å². The minimum absolute atomic E-state index is 0. The molecule has 8 nitrogen and oxygen atoms in total. The van der Waals surface area contributed by atoms with E-state index in [9.17, 15) is 9.59 Å². The number of piperazine rings is 1. The lowest BCUT2D eigenvalue weighted by Crippen LogP contribution is -2.59. The number of carbonyl (C=O) groups is 2. The maximum absolute atomic E-state index is 11.6. The molecular weight excluding hydrogens is 441 g/mol. The monoisotopic (exact) mass is 475 g/mol. The topological polar surface area (TPSA) is 77.2 Å². The Bertz CT molecular complexity index is 478. The molecule has 29 heavy (non-hydrogen) atoms. The molecule has 2 unspecified atom stereocenters. The number of hydrogen-bond donors (Lipinski definition) is 2. The number of hydroxylamine groups is 2. The first kappa shape index (κ1) is 28.6. The summed E-state index contributed by atoms with van der Waals surface area (Å²) >= 11 is 0. The molecule has 0 bridgehead atoms. The molecule has 0 aromatic carbocycles. The summed E-state index contributed by atoms with van der Waals surface area (Å²) in [6.07, 6.45) is 5.08. The summed E-state index contributed by atoms with van der Waals surface area (Å²) in [5.41, 5.74) is 0. The molecule has 3 fully saturated rings. The molecule has 3 rings (SSSR count). The maximum atomic E-state index is 11.6. The molecule has 0 aromatic rings. The van der Waals surface area contributed by atoms with Crippen molar-refractivity contribution in [2.75, 3.05) is 45.8 Å². The number of nitrogens with zero attached hydrogens (tertiary/aromatic N) is 3. The Balaban J connectivity index is 0.00000261. The third-order valence-electron chi connectivity index (χ3n) is 5.98. The van der Waals surface area contributed by atoms with E-state index >= 15 is 0 Å². The van der Waals surface area contributed by atoms with E-state index in [1.165, 1.54) is 12.8 Å². The van der Waals surface area contributed by atoms with E-state index in [0.717, 1.165) is 58.2 Å². The molecule has 11 heteroatoms. The summed E-state index contributed by atoms with van der Waals surface area (Å²) < 4.78 is 0. The lowest BCUT2D eigenvalue weighted by Gasteiger charge is -2.46. The van der Waals surface area contributed by atoms with Crippen LogP contribution in [0.3, 0.4) is 0 Å². The third-order valence-corrected chi connectivity index (χ3v) is 5.98. The van der Waals surface area contributed by atoms with Crippen LogP contribution < -0.4 is 10.6 Å². The summed E-state index contributed by atoms with van der Waals surface area (Å²) in [4.78, 5) is 33.1. The quantitative estimate of drug-likeness (QED) is 0.554. The van der Waals surface area contributed by atoms with Gasteiger partial charge >= 0.3 is 5.97 Å². The summed E-state index contributed by atoms with van der Waals surface area (Å²) in [5.74, 6) is -0.253. The largest absolute Gasteiger partial charge is 0.366 e.